The molecule has 7 aromatic rings. The number of nitrogens with zero attached hydrogens (tertiary/aromatic N) is 3. The zero-order valence-electron chi connectivity index (χ0n) is 19.5. The monoisotopic (exact) mass is 459 g/mol. The number of benzene rings is 4. The summed E-state index contributed by atoms with van der Waals surface area (Å²) in [4.78, 5) is 14.1. The van der Waals surface area contributed by atoms with E-state index in [-0.39, 0.29) is 0 Å². The summed E-state index contributed by atoms with van der Waals surface area (Å²) in [6, 6.07) is 40.3. The first-order chi connectivity index (χ1) is 17.8. The van der Waals surface area contributed by atoms with Gasteiger partial charge < -0.3 is 0 Å². The van der Waals surface area contributed by atoms with Crippen LogP contribution in [0, 0.1) is 0 Å². The van der Waals surface area contributed by atoms with Gasteiger partial charge in [-0.05, 0) is 64.4 Å². The second-order valence-corrected chi connectivity index (χ2v) is 9.01. The van der Waals surface area contributed by atoms with Gasteiger partial charge in [-0.25, -0.2) is 9.97 Å². The molecule has 0 saturated carbocycles. The maximum atomic E-state index is 5.05. The van der Waals surface area contributed by atoms with Crippen LogP contribution in [0.25, 0.3) is 66.2 Å². The number of hydrogen-bond donors (Lipinski definition) is 0. The van der Waals surface area contributed by atoms with Gasteiger partial charge >= 0.3 is 0 Å². The molecular formula is C33H21N3. The van der Waals surface area contributed by atoms with Crippen LogP contribution in [0.5, 0.6) is 0 Å². The molecule has 168 valence electrons. The zero-order valence-corrected chi connectivity index (χ0v) is 19.5. The number of pyridine rings is 3. The van der Waals surface area contributed by atoms with E-state index in [1.54, 1.807) is 12.4 Å². The number of aromatic nitrogens is 3. The highest BCUT2D eigenvalue weighted by Gasteiger charge is 2.08. The van der Waals surface area contributed by atoms with Crippen molar-refractivity contribution in [2.45, 2.75) is 0 Å². The van der Waals surface area contributed by atoms with E-state index in [9.17, 15) is 0 Å². The van der Waals surface area contributed by atoms with E-state index >= 15 is 0 Å². The van der Waals surface area contributed by atoms with Crippen molar-refractivity contribution in [2.75, 3.05) is 0 Å². The molecule has 0 amide bonds. The van der Waals surface area contributed by atoms with Gasteiger partial charge in [0.25, 0.3) is 0 Å². The normalized spacial score (nSPS) is 11.3. The minimum absolute atomic E-state index is 0.938. The summed E-state index contributed by atoms with van der Waals surface area (Å²) in [5.41, 5.74) is 8.29. The smallest absolute Gasteiger partial charge is 0.0716 e. The minimum Gasteiger partial charge on any atom is -0.265 e. The van der Waals surface area contributed by atoms with Gasteiger partial charge in [-0.1, -0.05) is 72.8 Å². The molecule has 0 spiro atoms. The van der Waals surface area contributed by atoms with Crippen LogP contribution in [0.15, 0.2) is 128 Å². The van der Waals surface area contributed by atoms with Crippen LogP contribution in [0.4, 0.5) is 0 Å². The number of hydrogen-bond acceptors (Lipinski definition) is 3. The van der Waals surface area contributed by atoms with Crippen LogP contribution >= 0.6 is 0 Å². The molecule has 7 rings (SSSR count). The molecule has 0 atom stereocenters. The van der Waals surface area contributed by atoms with Crippen molar-refractivity contribution in [1.82, 2.24) is 15.0 Å². The van der Waals surface area contributed by atoms with E-state index in [0.29, 0.717) is 0 Å². The molecule has 36 heavy (non-hydrogen) atoms. The molecule has 0 aliphatic heterocycles. The van der Waals surface area contributed by atoms with E-state index in [4.69, 9.17) is 9.97 Å². The van der Waals surface area contributed by atoms with Gasteiger partial charge in [-0.3, -0.25) is 4.98 Å². The molecule has 0 aliphatic rings. The van der Waals surface area contributed by atoms with Crippen LogP contribution in [0.2, 0.25) is 0 Å². The van der Waals surface area contributed by atoms with Crippen molar-refractivity contribution in [3.8, 4) is 33.6 Å². The van der Waals surface area contributed by atoms with Gasteiger partial charge in [-0.15, -0.1) is 0 Å². The summed E-state index contributed by atoms with van der Waals surface area (Å²) in [6.45, 7) is 0. The molecule has 3 aromatic heterocycles. The van der Waals surface area contributed by atoms with E-state index in [1.807, 2.05) is 12.1 Å². The third-order valence-corrected chi connectivity index (χ3v) is 6.74. The van der Waals surface area contributed by atoms with E-state index in [0.717, 1.165) is 44.3 Å². The number of fused-ring (bicyclic) bond motifs is 3. The Morgan fingerprint density at radius 2 is 0.889 bits per heavy atom. The average molecular weight is 460 g/mol. The highest BCUT2D eigenvalue weighted by Crippen LogP contribution is 2.30. The quantitative estimate of drug-likeness (QED) is 0.267. The molecule has 0 unspecified atom stereocenters. The Morgan fingerprint density at radius 1 is 0.361 bits per heavy atom. The molecule has 0 aliphatic carbocycles. The van der Waals surface area contributed by atoms with Crippen LogP contribution in [-0.4, -0.2) is 15.0 Å². The summed E-state index contributed by atoms with van der Waals surface area (Å²) in [5, 5.41) is 4.73. The van der Waals surface area contributed by atoms with Gasteiger partial charge in [0.1, 0.15) is 0 Å². The Labute approximate surface area is 208 Å². The lowest BCUT2D eigenvalue weighted by atomic mass is 9.99. The first-order valence-electron chi connectivity index (χ1n) is 12.0. The summed E-state index contributed by atoms with van der Waals surface area (Å²) in [5.74, 6) is 0. The molecule has 0 radical (unpaired) electrons. The number of rotatable bonds is 3. The highest BCUT2D eigenvalue weighted by molar-refractivity contribution is 5.91. The predicted octanol–water partition coefficient (Wildman–Crippen LogP) is 8.33. The van der Waals surface area contributed by atoms with Gasteiger partial charge in [0.05, 0.1) is 22.4 Å². The minimum atomic E-state index is 0.938. The fraction of sp³-hybridized carbons (Fsp3) is 0. The lowest BCUT2D eigenvalue weighted by Gasteiger charge is -2.09. The van der Waals surface area contributed by atoms with Crippen molar-refractivity contribution in [2.24, 2.45) is 0 Å². The molecule has 0 fully saturated rings. The van der Waals surface area contributed by atoms with Crippen LogP contribution in [-0.2, 0) is 0 Å². The van der Waals surface area contributed by atoms with Gasteiger partial charge in [0.15, 0.2) is 0 Å². The van der Waals surface area contributed by atoms with E-state index in [1.165, 1.54) is 21.9 Å². The SMILES string of the molecule is c1ccc2cc(-c3ccc4ccc(-c5ccc6ccc(-c7ccncc7)nc6c5)nc4c3)ccc2c1. The van der Waals surface area contributed by atoms with Crippen molar-refractivity contribution in [3.05, 3.63) is 128 Å². The Kier molecular flexibility index (Phi) is 4.78. The van der Waals surface area contributed by atoms with Gasteiger partial charge in [0, 0.05) is 34.3 Å². The predicted molar refractivity (Wildman–Crippen MR) is 149 cm³/mol. The fourth-order valence-corrected chi connectivity index (χ4v) is 4.79. The second kappa shape index (κ2) is 8.40. The Morgan fingerprint density at radius 3 is 1.61 bits per heavy atom. The standard InChI is InChI=1S/C33H21N3/c1-2-4-26-19-27(8-5-22(26)3-1)28-9-6-23-12-14-31(36-32(23)20-28)29-10-7-24-11-13-30(35-33(24)21-29)25-15-17-34-18-16-25/h1-21H. The van der Waals surface area contributed by atoms with E-state index < -0.39 is 0 Å². The molecular weight excluding hydrogens is 438 g/mol. The topological polar surface area (TPSA) is 38.7 Å². The van der Waals surface area contributed by atoms with Crippen LogP contribution < -0.4 is 0 Å². The molecule has 3 nitrogen and oxygen atoms in total. The largest absolute Gasteiger partial charge is 0.265 e. The Balaban J connectivity index is 1.30. The fourth-order valence-electron chi connectivity index (χ4n) is 4.79. The van der Waals surface area contributed by atoms with Crippen LogP contribution in [0.3, 0.4) is 0 Å². The maximum absolute atomic E-state index is 5.05. The molecule has 0 bridgehead atoms. The highest BCUT2D eigenvalue weighted by atomic mass is 14.7. The summed E-state index contributed by atoms with van der Waals surface area (Å²) in [6.07, 6.45) is 3.59. The van der Waals surface area contributed by atoms with Gasteiger partial charge in [0.2, 0.25) is 0 Å². The third kappa shape index (κ3) is 3.68. The van der Waals surface area contributed by atoms with Crippen molar-refractivity contribution in [1.29, 1.82) is 0 Å². The third-order valence-electron chi connectivity index (χ3n) is 6.74. The summed E-state index contributed by atoms with van der Waals surface area (Å²) >= 11 is 0. The van der Waals surface area contributed by atoms with Crippen molar-refractivity contribution in [3.63, 3.8) is 0 Å². The van der Waals surface area contributed by atoms with Gasteiger partial charge in [-0.2, -0.15) is 0 Å². The lowest BCUT2D eigenvalue weighted by Crippen LogP contribution is -1.89. The van der Waals surface area contributed by atoms with E-state index in [2.05, 4.69) is 108 Å². The molecule has 3 heterocycles. The first-order valence-corrected chi connectivity index (χ1v) is 12.0. The Bertz CT molecular complexity index is 1890. The van der Waals surface area contributed by atoms with Crippen LogP contribution in [0.1, 0.15) is 0 Å². The summed E-state index contributed by atoms with van der Waals surface area (Å²) < 4.78 is 0. The lowest BCUT2D eigenvalue weighted by molar-refractivity contribution is 1.31. The molecule has 4 aromatic carbocycles. The molecule has 0 saturated heterocycles. The second-order valence-electron chi connectivity index (χ2n) is 9.01. The van der Waals surface area contributed by atoms with Crippen molar-refractivity contribution >= 4 is 32.6 Å². The average Bonchev–Trinajstić information content (AvgIpc) is 2.96. The maximum Gasteiger partial charge on any atom is 0.0716 e. The zero-order chi connectivity index (χ0) is 23.9. The summed E-state index contributed by atoms with van der Waals surface area (Å²) in [7, 11) is 0. The van der Waals surface area contributed by atoms with Crippen molar-refractivity contribution < 1.29 is 0 Å². The Hall–Kier alpha value is -4.89. The molecule has 0 N–H and O–H groups in total. The first kappa shape index (κ1) is 20.5. The molecule has 3 heteroatoms.